The number of nitro benzene ring substituents is 1. The van der Waals surface area contributed by atoms with Gasteiger partial charge in [0.15, 0.2) is 5.69 Å². The van der Waals surface area contributed by atoms with E-state index in [2.05, 4.69) is 30.9 Å². The minimum Gasteiger partial charge on any atom is -0.372 e. The molecule has 0 saturated heterocycles. The van der Waals surface area contributed by atoms with Crippen LogP contribution in [-0.4, -0.2) is 38.3 Å². The first-order valence-electron chi connectivity index (χ1n) is 13.6. The van der Waals surface area contributed by atoms with Gasteiger partial charge in [0.25, 0.3) is 11.2 Å². The molecule has 0 spiro atoms. The monoisotopic (exact) mass is 581 g/mol. The molecule has 5 aromatic rings. The Morgan fingerprint density at radius 3 is 2.26 bits per heavy atom. The van der Waals surface area contributed by atoms with Gasteiger partial charge in [0, 0.05) is 48.9 Å². The lowest BCUT2D eigenvalue weighted by atomic mass is 10.1. The van der Waals surface area contributed by atoms with Crippen molar-refractivity contribution in [2.45, 2.75) is 20.8 Å². The van der Waals surface area contributed by atoms with Gasteiger partial charge in [-0.15, -0.1) is 11.3 Å². The molecule has 3 aromatic carbocycles. The van der Waals surface area contributed by atoms with Gasteiger partial charge in [-0.2, -0.15) is 5.10 Å². The Hall–Kier alpha value is -5.03. The van der Waals surface area contributed by atoms with Gasteiger partial charge in [0.05, 0.1) is 28.2 Å². The van der Waals surface area contributed by atoms with Gasteiger partial charge in [-0.05, 0) is 62.7 Å². The summed E-state index contributed by atoms with van der Waals surface area (Å²) in [5.41, 5.74) is 4.98. The summed E-state index contributed by atoms with van der Waals surface area (Å²) >= 11 is 1.34. The van der Waals surface area contributed by atoms with Crippen molar-refractivity contribution in [1.82, 2.24) is 14.0 Å². The van der Waals surface area contributed by atoms with Crippen LogP contribution in [0.25, 0.3) is 16.9 Å². The zero-order chi connectivity index (χ0) is 29.8. The van der Waals surface area contributed by atoms with Gasteiger partial charge >= 0.3 is 0 Å². The van der Waals surface area contributed by atoms with E-state index in [-0.39, 0.29) is 11.2 Å². The molecule has 0 aliphatic heterocycles. The van der Waals surface area contributed by atoms with E-state index in [0.29, 0.717) is 21.9 Å². The average molecular weight is 582 g/mol. The largest absolute Gasteiger partial charge is 0.372 e. The first-order valence-corrected chi connectivity index (χ1v) is 14.4. The molecular weight excluding hydrogens is 550 g/mol. The highest BCUT2D eigenvalue weighted by Gasteiger charge is 2.17. The number of aromatic nitrogens is 3. The second-order valence-corrected chi connectivity index (χ2v) is 10.4. The summed E-state index contributed by atoms with van der Waals surface area (Å²) in [5, 5.41) is 17.9. The molecule has 0 saturated carbocycles. The lowest BCUT2D eigenvalue weighted by Crippen LogP contribution is -2.21. The molecule has 2 aromatic heterocycles. The SMILES string of the molecule is CCN(CC)c1ccc(/C=N/n2c(-c3ccc([N+](=O)[O-])cc3)csc2=Nc2c(C)n(C)n(-c3ccccc3)c2=O)cc1. The van der Waals surface area contributed by atoms with Crippen molar-refractivity contribution in [1.29, 1.82) is 0 Å². The molecule has 10 nitrogen and oxygen atoms in total. The van der Waals surface area contributed by atoms with Crippen molar-refractivity contribution < 1.29 is 4.92 Å². The molecule has 0 atom stereocenters. The third kappa shape index (κ3) is 5.59. The van der Waals surface area contributed by atoms with Crippen LogP contribution in [0, 0.1) is 17.0 Å². The maximum absolute atomic E-state index is 13.6. The molecular formula is C31H31N7O3S. The van der Waals surface area contributed by atoms with Gasteiger partial charge in [-0.3, -0.25) is 19.6 Å². The van der Waals surface area contributed by atoms with E-state index in [4.69, 9.17) is 10.1 Å². The number of hydrogen-bond acceptors (Lipinski definition) is 7. The van der Waals surface area contributed by atoms with E-state index in [0.717, 1.165) is 35.6 Å². The Kier molecular flexibility index (Phi) is 8.30. The Balaban J connectivity index is 1.63. The van der Waals surface area contributed by atoms with Gasteiger partial charge in [0.2, 0.25) is 4.80 Å². The van der Waals surface area contributed by atoms with E-state index in [1.165, 1.54) is 23.5 Å². The lowest BCUT2D eigenvalue weighted by Gasteiger charge is -2.20. The molecule has 5 rings (SSSR count). The van der Waals surface area contributed by atoms with E-state index in [1.807, 2.05) is 61.8 Å². The highest BCUT2D eigenvalue weighted by Crippen LogP contribution is 2.24. The van der Waals surface area contributed by atoms with Crippen molar-refractivity contribution in [2.24, 2.45) is 17.1 Å². The fraction of sp³-hybridized carbons (Fsp3) is 0.194. The van der Waals surface area contributed by atoms with Crippen LogP contribution in [-0.2, 0) is 7.05 Å². The van der Waals surface area contributed by atoms with Crippen LogP contribution in [0.3, 0.4) is 0 Å². The minimum absolute atomic E-state index is 0.00334. The molecule has 0 amide bonds. The Morgan fingerprint density at radius 2 is 1.64 bits per heavy atom. The molecule has 2 heterocycles. The molecule has 0 N–H and O–H groups in total. The molecule has 0 bridgehead atoms. The number of anilines is 1. The lowest BCUT2D eigenvalue weighted by molar-refractivity contribution is -0.384. The first-order chi connectivity index (χ1) is 20.3. The molecule has 11 heteroatoms. The van der Waals surface area contributed by atoms with E-state index < -0.39 is 4.92 Å². The minimum atomic E-state index is -0.428. The van der Waals surface area contributed by atoms with Crippen LogP contribution in [0.4, 0.5) is 17.1 Å². The van der Waals surface area contributed by atoms with E-state index in [9.17, 15) is 14.9 Å². The molecule has 42 heavy (non-hydrogen) atoms. The van der Waals surface area contributed by atoms with Gasteiger partial charge in [-0.25, -0.2) is 14.4 Å². The van der Waals surface area contributed by atoms with Gasteiger partial charge in [0.1, 0.15) is 0 Å². The predicted molar refractivity (Wildman–Crippen MR) is 168 cm³/mol. The summed E-state index contributed by atoms with van der Waals surface area (Å²) in [7, 11) is 1.83. The standard InChI is InChI=1S/C31H31N7O3S/c1-5-35(6-2)25-16-12-23(13-17-25)20-32-36-28(24-14-18-27(19-15-24)38(40)41)21-42-31(36)33-29-22(3)34(4)37(30(29)39)26-10-8-7-9-11-26/h7-21H,5-6H2,1-4H3/b32-20+,33-31?. The quantitative estimate of drug-likeness (QED) is 0.123. The summed E-state index contributed by atoms with van der Waals surface area (Å²) in [4.78, 5) is 31.9. The normalized spacial score (nSPS) is 11.9. The number of non-ortho nitro benzene ring substituents is 1. The fourth-order valence-electron chi connectivity index (χ4n) is 4.70. The van der Waals surface area contributed by atoms with Crippen molar-refractivity contribution in [2.75, 3.05) is 18.0 Å². The average Bonchev–Trinajstić information content (AvgIpc) is 3.51. The maximum atomic E-state index is 13.6. The second-order valence-electron chi connectivity index (χ2n) is 9.55. The molecule has 0 unspecified atom stereocenters. The summed E-state index contributed by atoms with van der Waals surface area (Å²) < 4.78 is 5.04. The third-order valence-corrected chi connectivity index (χ3v) is 7.95. The molecule has 214 valence electrons. The highest BCUT2D eigenvalue weighted by molar-refractivity contribution is 7.07. The predicted octanol–water partition coefficient (Wildman–Crippen LogP) is 5.88. The van der Waals surface area contributed by atoms with E-state index >= 15 is 0 Å². The van der Waals surface area contributed by atoms with Crippen molar-refractivity contribution in [3.8, 4) is 16.9 Å². The number of rotatable bonds is 9. The number of nitrogens with zero attached hydrogens (tertiary/aromatic N) is 7. The van der Waals surface area contributed by atoms with E-state index in [1.54, 1.807) is 32.4 Å². The van der Waals surface area contributed by atoms with Crippen LogP contribution in [0.5, 0.6) is 0 Å². The number of hydrogen-bond donors (Lipinski definition) is 0. The highest BCUT2D eigenvalue weighted by atomic mass is 32.1. The number of para-hydroxylation sites is 1. The topological polar surface area (TPSA) is 103 Å². The van der Waals surface area contributed by atoms with Crippen molar-refractivity contribution >= 4 is 34.6 Å². The zero-order valence-electron chi connectivity index (χ0n) is 23.8. The summed E-state index contributed by atoms with van der Waals surface area (Å²) in [6.45, 7) is 7.95. The summed E-state index contributed by atoms with van der Waals surface area (Å²) in [5.74, 6) is 0. The Morgan fingerprint density at radius 1 is 0.976 bits per heavy atom. The first kappa shape index (κ1) is 28.5. The van der Waals surface area contributed by atoms with Crippen LogP contribution >= 0.6 is 11.3 Å². The van der Waals surface area contributed by atoms with Crippen LogP contribution in [0.2, 0.25) is 0 Å². The zero-order valence-corrected chi connectivity index (χ0v) is 24.7. The van der Waals surface area contributed by atoms with Gasteiger partial charge < -0.3 is 4.90 Å². The third-order valence-electron chi connectivity index (χ3n) is 7.13. The van der Waals surface area contributed by atoms with Crippen LogP contribution in [0.15, 0.2) is 99.1 Å². The van der Waals surface area contributed by atoms with Gasteiger partial charge in [-0.1, -0.05) is 30.3 Å². The van der Waals surface area contributed by atoms with Crippen LogP contribution < -0.4 is 15.3 Å². The number of thiazole rings is 1. The summed E-state index contributed by atoms with van der Waals surface area (Å²) in [6, 6.07) is 23.9. The number of benzene rings is 3. The summed E-state index contributed by atoms with van der Waals surface area (Å²) in [6.07, 6.45) is 1.74. The molecule has 0 aliphatic carbocycles. The molecule has 0 fully saturated rings. The van der Waals surface area contributed by atoms with Crippen molar-refractivity contribution in [3.63, 3.8) is 0 Å². The van der Waals surface area contributed by atoms with Crippen molar-refractivity contribution in [3.05, 3.63) is 121 Å². The Bertz CT molecular complexity index is 1860. The maximum Gasteiger partial charge on any atom is 0.297 e. The Labute approximate surface area is 246 Å². The smallest absolute Gasteiger partial charge is 0.297 e. The molecule has 0 aliphatic rings. The molecule has 0 radical (unpaired) electrons. The second kappa shape index (κ2) is 12.2. The van der Waals surface area contributed by atoms with Crippen LogP contribution in [0.1, 0.15) is 25.1 Å². The number of nitro groups is 1. The fourth-order valence-corrected chi connectivity index (χ4v) is 5.55.